The van der Waals surface area contributed by atoms with Crippen LogP contribution in [0.15, 0.2) is 52.2 Å². The Labute approximate surface area is 162 Å². The van der Waals surface area contributed by atoms with Crippen molar-refractivity contribution in [3.8, 4) is 23.0 Å². The monoisotopic (exact) mass is 386 g/mol. The topological polar surface area (TPSA) is 82.2 Å². The van der Waals surface area contributed by atoms with Gasteiger partial charge in [-0.2, -0.15) is 0 Å². The van der Waals surface area contributed by atoms with E-state index in [9.17, 15) is 4.79 Å². The summed E-state index contributed by atoms with van der Waals surface area (Å²) in [6.07, 6.45) is 2.48. The highest BCUT2D eigenvalue weighted by Gasteiger charge is 2.19. The number of ether oxygens (including phenoxy) is 1. The van der Waals surface area contributed by atoms with E-state index >= 15 is 0 Å². The van der Waals surface area contributed by atoms with E-state index in [0.717, 1.165) is 17.9 Å². The Morgan fingerprint density at radius 3 is 2.70 bits per heavy atom. The average molecular weight is 386 g/mol. The van der Waals surface area contributed by atoms with Crippen LogP contribution in [0.4, 0.5) is 0 Å². The molecule has 0 spiro atoms. The Morgan fingerprint density at radius 1 is 1.30 bits per heavy atom. The molecule has 1 aromatic carbocycles. The van der Waals surface area contributed by atoms with Crippen LogP contribution in [-0.4, -0.2) is 39.6 Å². The highest BCUT2D eigenvalue weighted by Crippen LogP contribution is 2.29. The van der Waals surface area contributed by atoms with Crippen molar-refractivity contribution < 1.29 is 13.9 Å². The molecule has 7 nitrogen and oxygen atoms in total. The predicted octanol–water partition coefficient (Wildman–Crippen LogP) is 3.54. The van der Waals surface area contributed by atoms with Crippen molar-refractivity contribution in [1.82, 2.24) is 20.1 Å². The lowest BCUT2D eigenvalue weighted by Gasteiger charge is -2.12. The van der Waals surface area contributed by atoms with Gasteiger partial charge in [-0.25, -0.2) is 0 Å². The zero-order chi connectivity index (χ0) is 19.2. The highest BCUT2D eigenvalue weighted by molar-refractivity contribution is 7.99. The largest absolute Gasteiger partial charge is 0.497 e. The number of nitrogens with one attached hydrogen (secondary N) is 1. The predicted molar refractivity (Wildman–Crippen MR) is 104 cm³/mol. The van der Waals surface area contributed by atoms with Crippen molar-refractivity contribution >= 4 is 17.7 Å². The molecule has 0 aliphatic rings. The van der Waals surface area contributed by atoms with Gasteiger partial charge in [0, 0.05) is 6.04 Å². The summed E-state index contributed by atoms with van der Waals surface area (Å²) >= 11 is 1.33. The molecule has 2 heterocycles. The van der Waals surface area contributed by atoms with Gasteiger partial charge < -0.3 is 14.5 Å². The van der Waals surface area contributed by atoms with Gasteiger partial charge in [-0.05, 0) is 49.7 Å². The molecule has 1 N–H and O–H groups in total. The maximum Gasteiger partial charge on any atom is 0.230 e. The second-order valence-corrected chi connectivity index (χ2v) is 6.92. The van der Waals surface area contributed by atoms with Crippen LogP contribution in [-0.2, 0) is 4.79 Å². The summed E-state index contributed by atoms with van der Waals surface area (Å²) in [7, 11) is 1.62. The number of thioether (sulfide) groups is 1. The van der Waals surface area contributed by atoms with Crippen molar-refractivity contribution in [2.75, 3.05) is 12.9 Å². The lowest BCUT2D eigenvalue weighted by Crippen LogP contribution is -2.33. The van der Waals surface area contributed by atoms with Crippen LogP contribution in [0, 0.1) is 0 Å². The molecule has 3 rings (SSSR count). The van der Waals surface area contributed by atoms with Crippen molar-refractivity contribution in [1.29, 1.82) is 0 Å². The van der Waals surface area contributed by atoms with Crippen molar-refractivity contribution in [3.63, 3.8) is 0 Å². The van der Waals surface area contributed by atoms with Crippen LogP contribution < -0.4 is 10.1 Å². The number of furan rings is 1. The number of aromatic nitrogens is 3. The van der Waals surface area contributed by atoms with Crippen molar-refractivity contribution in [2.45, 2.75) is 31.5 Å². The highest BCUT2D eigenvalue weighted by atomic mass is 32.2. The van der Waals surface area contributed by atoms with Crippen LogP contribution in [0.25, 0.3) is 17.3 Å². The number of carbonyl (C=O) groups excluding carboxylic acids is 1. The first-order valence-electron chi connectivity index (χ1n) is 8.68. The number of amides is 1. The molecule has 0 aliphatic heterocycles. The van der Waals surface area contributed by atoms with Crippen LogP contribution in [0.2, 0.25) is 0 Å². The normalized spacial score (nSPS) is 12.0. The summed E-state index contributed by atoms with van der Waals surface area (Å²) in [5, 5.41) is 12.1. The fourth-order valence-electron chi connectivity index (χ4n) is 2.44. The minimum atomic E-state index is -0.0295. The maximum atomic E-state index is 12.1. The standard InChI is InChI=1S/C19H22N4O3S/c1-4-13(2)20-17(24)12-27-19-22-21-18(16-6-5-11-26-16)23(19)14-7-9-15(25-3)10-8-14/h5-11,13H,4,12H2,1-3H3,(H,20,24). The molecule has 0 saturated carbocycles. The molecule has 0 aliphatic carbocycles. The van der Waals surface area contributed by atoms with Crippen LogP contribution >= 0.6 is 11.8 Å². The first-order valence-corrected chi connectivity index (χ1v) is 9.66. The Kier molecular flexibility index (Phi) is 6.18. The summed E-state index contributed by atoms with van der Waals surface area (Å²) in [4.78, 5) is 12.1. The van der Waals surface area contributed by atoms with Gasteiger partial charge >= 0.3 is 0 Å². The third-order valence-corrected chi connectivity index (χ3v) is 4.99. The molecule has 142 valence electrons. The summed E-state index contributed by atoms with van der Waals surface area (Å²) < 4.78 is 12.6. The van der Waals surface area contributed by atoms with E-state index in [4.69, 9.17) is 9.15 Å². The first kappa shape index (κ1) is 19.0. The second kappa shape index (κ2) is 8.77. The summed E-state index contributed by atoms with van der Waals surface area (Å²) in [6, 6.07) is 11.3. The lowest BCUT2D eigenvalue weighted by molar-refractivity contribution is -0.119. The molecule has 2 aromatic heterocycles. The number of hydrogen-bond acceptors (Lipinski definition) is 6. The SMILES string of the molecule is CCC(C)NC(=O)CSc1nnc(-c2ccco2)n1-c1ccc(OC)cc1. The van der Waals surface area contributed by atoms with Crippen molar-refractivity contribution in [3.05, 3.63) is 42.7 Å². The number of carbonyl (C=O) groups is 1. The van der Waals surface area contributed by atoms with E-state index in [1.54, 1.807) is 19.4 Å². The van der Waals surface area contributed by atoms with E-state index in [1.165, 1.54) is 11.8 Å². The summed E-state index contributed by atoms with van der Waals surface area (Å²) in [5.41, 5.74) is 0.858. The van der Waals surface area contributed by atoms with Gasteiger partial charge in [0.25, 0.3) is 0 Å². The molecule has 0 bridgehead atoms. The van der Waals surface area contributed by atoms with Gasteiger partial charge in [-0.3, -0.25) is 9.36 Å². The molecule has 1 atom stereocenters. The average Bonchev–Trinajstić information content (AvgIpc) is 3.35. The molecule has 0 radical (unpaired) electrons. The minimum absolute atomic E-state index is 0.0295. The van der Waals surface area contributed by atoms with Gasteiger partial charge in [0.1, 0.15) is 5.75 Å². The maximum absolute atomic E-state index is 12.1. The fraction of sp³-hybridized carbons (Fsp3) is 0.316. The quantitative estimate of drug-likeness (QED) is 0.596. The van der Waals surface area contributed by atoms with Gasteiger partial charge in [-0.1, -0.05) is 18.7 Å². The number of nitrogens with zero attached hydrogens (tertiary/aromatic N) is 3. The second-order valence-electron chi connectivity index (χ2n) is 5.98. The van der Waals surface area contributed by atoms with Gasteiger partial charge in [0.05, 0.1) is 24.8 Å². The number of methoxy groups -OCH3 is 1. The lowest BCUT2D eigenvalue weighted by atomic mass is 10.3. The van der Waals surface area contributed by atoms with Crippen LogP contribution in [0.5, 0.6) is 5.75 Å². The van der Waals surface area contributed by atoms with Gasteiger partial charge in [0.15, 0.2) is 10.9 Å². The Morgan fingerprint density at radius 2 is 2.07 bits per heavy atom. The third-order valence-electron chi connectivity index (χ3n) is 4.06. The van der Waals surface area contributed by atoms with E-state index in [0.29, 0.717) is 16.7 Å². The minimum Gasteiger partial charge on any atom is -0.497 e. The number of hydrogen-bond donors (Lipinski definition) is 1. The van der Waals surface area contributed by atoms with E-state index in [1.807, 2.05) is 48.7 Å². The van der Waals surface area contributed by atoms with E-state index < -0.39 is 0 Å². The van der Waals surface area contributed by atoms with E-state index in [2.05, 4.69) is 15.5 Å². The number of rotatable bonds is 8. The zero-order valence-corrected chi connectivity index (χ0v) is 16.3. The fourth-order valence-corrected chi connectivity index (χ4v) is 3.20. The molecule has 3 aromatic rings. The molecule has 1 amide bonds. The Bertz CT molecular complexity index is 875. The molecule has 27 heavy (non-hydrogen) atoms. The van der Waals surface area contributed by atoms with E-state index in [-0.39, 0.29) is 17.7 Å². The van der Waals surface area contributed by atoms with Gasteiger partial charge in [-0.15, -0.1) is 10.2 Å². The zero-order valence-electron chi connectivity index (χ0n) is 15.5. The molecule has 0 fully saturated rings. The number of benzene rings is 1. The Balaban J connectivity index is 1.88. The third kappa shape index (κ3) is 4.51. The molecule has 1 unspecified atom stereocenters. The van der Waals surface area contributed by atoms with Crippen molar-refractivity contribution in [2.24, 2.45) is 0 Å². The molecule has 0 saturated heterocycles. The summed E-state index contributed by atoms with van der Waals surface area (Å²) in [5.74, 6) is 2.17. The van der Waals surface area contributed by atoms with Crippen LogP contribution in [0.1, 0.15) is 20.3 Å². The Hall–Kier alpha value is -2.74. The molecule has 8 heteroatoms. The molecular weight excluding hydrogens is 364 g/mol. The summed E-state index contributed by atoms with van der Waals surface area (Å²) in [6.45, 7) is 4.02. The van der Waals surface area contributed by atoms with Crippen LogP contribution in [0.3, 0.4) is 0 Å². The van der Waals surface area contributed by atoms with Gasteiger partial charge in [0.2, 0.25) is 11.7 Å². The smallest absolute Gasteiger partial charge is 0.230 e. The molecular formula is C19H22N4O3S. The first-order chi connectivity index (χ1) is 13.1.